The van der Waals surface area contributed by atoms with Crippen LogP contribution in [0.25, 0.3) is 16.9 Å². The number of carbonyl (C=O) groups is 2. The van der Waals surface area contributed by atoms with E-state index < -0.39 is 0 Å². The van der Waals surface area contributed by atoms with Crippen LogP contribution < -0.4 is 5.32 Å². The van der Waals surface area contributed by atoms with Crippen molar-refractivity contribution in [3.8, 4) is 11.3 Å². The minimum absolute atomic E-state index is 0.00147. The van der Waals surface area contributed by atoms with Crippen molar-refractivity contribution in [3.05, 3.63) is 42.2 Å². The number of nitrogens with one attached hydrogen (secondary N) is 1. The summed E-state index contributed by atoms with van der Waals surface area (Å²) < 4.78 is 1.70. The molecule has 4 rings (SSSR count). The average molecular weight is 378 g/mol. The van der Waals surface area contributed by atoms with Gasteiger partial charge in [-0.1, -0.05) is 12.1 Å². The first-order chi connectivity index (χ1) is 13.5. The van der Waals surface area contributed by atoms with E-state index in [1.54, 1.807) is 16.3 Å². The summed E-state index contributed by atoms with van der Waals surface area (Å²) in [6.07, 6.45) is 1.38. The summed E-state index contributed by atoms with van der Waals surface area (Å²) in [6.45, 7) is 4.69. The zero-order valence-corrected chi connectivity index (χ0v) is 15.9. The molecule has 1 aromatic carbocycles. The monoisotopic (exact) mass is 378 g/mol. The number of anilines is 1. The molecule has 1 fully saturated rings. The van der Waals surface area contributed by atoms with Gasteiger partial charge in [-0.25, -0.2) is 0 Å². The fourth-order valence-electron chi connectivity index (χ4n) is 3.51. The number of amides is 2. The van der Waals surface area contributed by atoms with E-state index in [9.17, 15) is 9.59 Å². The lowest BCUT2D eigenvalue weighted by Crippen LogP contribution is -2.40. The molecular formula is C20H22N6O2. The molecule has 8 heteroatoms. The number of likely N-dealkylation sites (tertiary alicyclic amines) is 1. The van der Waals surface area contributed by atoms with Gasteiger partial charge >= 0.3 is 0 Å². The molecule has 0 radical (unpaired) electrons. The van der Waals surface area contributed by atoms with Crippen LogP contribution >= 0.6 is 0 Å². The van der Waals surface area contributed by atoms with Gasteiger partial charge in [0.1, 0.15) is 0 Å². The number of piperidine rings is 1. The van der Waals surface area contributed by atoms with Gasteiger partial charge in [0.25, 0.3) is 0 Å². The number of aryl methyl sites for hydroxylation is 1. The summed E-state index contributed by atoms with van der Waals surface area (Å²) in [6, 6.07) is 11.4. The normalized spacial score (nSPS) is 15.0. The molecule has 0 saturated carbocycles. The first-order valence-electron chi connectivity index (χ1n) is 9.37. The van der Waals surface area contributed by atoms with E-state index in [1.807, 2.05) is 43.3 Å². The number of rotatable bonds is 3. The van der Waals surface area contributed by atoms with E-state index in [4.69, 9.17) is 0 Å². The molecule has 8 nitrogen and oxygen atoms in total. The maximum Gasteiger partial charge on any atom is 0.227 e. The van der Waals surface area contributed by atoms with Crippen molar-refractivity contribution in [3.63, 3.8) is 0 Å². The predicted molar refractivity (Wildman–Crippen MR) is 105 cm³/mol. The second-order valence-electron chi connectivity index (χ2n) is 7.09. The lowest BCUT2D eigenvalue weighted by Gasteiger charge is -2.30. The first-order valence-corrected chi connectivity index (χ1v) is 9.37. The molecule has 2 amide bonds. The van der Waals surface area contributed by atoms with Crippen LogP contribution in [0.1, 0.15) is 25.6 Å². The molecule has 2 aromatic heterocycles. The maximum atomic E-state index is 12.6. The second-order valence-corrected chi connectivity index (χ2v) is 7.09. The largest absolute Gasteiger partial charge is 0.343 e. The van der Waals surface area contributed by atoms with Gasteiger partial charge in [-0.05, 0) is 44.0 Å². The fourth-order valence-corrected chi connectivity index (χ4v) is 3.51. The number of nitrogens with zero attached hydrogens (tertiary/aromatic N) is 5. The third-order valence-electron chi connectivity index (χ3n) is 5.16. The van der Waals surface area contributed by atoms with Crippen molar-refractivity contribution in [2.24, 2.45) is 5.92 Å². The van der Waals surface area contributed by atoms with E-state index in [0.29, 0.717) is 31.6 Å². The average Bonchev–Trinajstić information content (AvgIpc) is 3.08. The van der Waals surface area contributed by atoms with Crippen LogP contribution in [0.4, 0.5) is 5.69 Å². The highest BCUT2D eigenvalue weighted by atomic mass is 16.2. The molecule has 0 unspecified atom stereocenters. The van der Waals surface area contributed by atoms with Crippen molar-refractivity contribution < 1.29 is 9.59 Å². The number of benzene rings is 1. The maximum absolute atomic E-state index is 12.6. The fraction of sp³-hybridized carbons (Fsp3) is 0.350. The lowest BCUT2D eigenvalue weighted by molar-refractivity contribution is -0.132. The van der Waals surface area contributed by atoms with E-state index in [1.165, 1.54) is 0 Å². The Morgan fingerprint density at radius 3 is 2.64 bits per heavy atom. The standard InChI is InChI=1S/C20H22N6O2/c1-13-22-23-19-7-6-18(24-26(13)19)16-4-3-5-17(12-16)21-20(28)15-8-10-25(11-9-15)14(2)27/h3-7,12,15H,8-11H2,1-2H3,(H,21,28). The van der Waals surface area contributed by atoms with Crippen LogP contribution in [0.2, 0.25) is 0 Å². The molecule has 1 aliphatic heterocycles. The minimum Gasteiger partial charge on any atom is -0.343 e. The summed E-state index contributed by atoms with van der Waals surface area (Å²) >= 11 is 0. The second kappa shape index (κ2) is 7.38. The summed E-state index contributed by atoms with van der Waals surface area (Å²) in [5.74, 6) is 0.712. The molecule has 0 atom stereocenters. The highest BCUT2D eigenvalue weighted by Gasteiger charge is 2.26. The third kappa shape index (κ3) is 3.58. The molecule has 1 saturated heterocycles. The van der Waals surface area contributed by atoms with Crippen molar-refractivity contribution in [1.82, 2.24) is 24.7 Å². The Hall–Kier alpha value is -3.29. The molecule has 0 bridgehead atoms. The number of aromatic nitrogens is 4. The Morgan fingerprint density at radius 1 is 1.11 bits per heavy atom. The minimum atomic E-state index is -0.0756. The number of carbonyl (C=O) groups excluding carboxylic acids is 2. The first kappa shape index (κ1) is 18.1. The van der Waals surface area contributed by atoms with Crippen LogP contribution in [0, 0.1) is 12.8 Å². The van der Waals surface area contributed by atoms with Gasteiger partial charge in [0.2, 0.25) is 11.8 Å². The van der Waals surface area contributed by atoms with Crippen LogP contribution in [0.15, 0.2) is 36.4 Å². The molecule has 28 heavy (non-hydrogen) atoms. The summed E-state index contributed by atoms with van der Waals surface area (Å²) in [5.41, 5.74) is 3.11. The van der Waals surface area contributed by atoms with Gasteiger partial charge in [-0.2, -0.15) is 9.61 Å². The molecule has 3 aromatic rings. The molecule has 0 spiro atoms. The topological polar surface area (TPSA) is 92.5 Å². The Balaban J connectivity index is 1.48. The van der Waals surface area contributed by atoms with Crippen LogP contribution in [0.5, 0.6) is 0 Å². The van der Waals surface area contributed by atoms with Crippen LogP contribution in [-0.2, 0) is 9.59 Å². The van der Waals surface area contributed by atoms with E-state index in [-0.39, 0.29) is 17.7 Å². The summed E-state index contributed by atoms with van der Waals surface area (Å²) in [7, 11) is 0. The zero-order chi connectivity index (χ0) is 19.7. The number of fused-ring (bicyclic) bond motifs is 1. The van der Waals surface area contributed by atoms with Gasteiger partial charge in [0.15, 0.2) is 11.5 Å². The van der Waals surface area contributed by atoms with E-state index in [0.717, 1.165) is 22.8 Å². The number of hydrogen-bond acceptors (Lipinski definition) is 5. The van der Waals surface area contributed by atoms with Crippen LogP contribution in [0.3, 0.4) is 0 Å². The summed E-state index contributed by atoms with van der Waals surface area (Å²) in [4.78, 5) is 25.9. The quantitative estimate of drug-likeness (QED) is 0.755. The van der Waals surface area contributed by atoms with Crippen molar-refractivity contribution in [2.45, 2.75) is 26.7 Å². The Labute approximate surface area is 162 Å². The molecule has 144 valence electrons. The Morgan fingerprint density at radius 2 is 1.89 bits per heavy atom. The highest BCUT2D eigenvalue weighted by molar-refractivity contribution is 5.93. The lowest BCUT2D eigenvalue weighted by atomic mass is 9.95. The van der Waals surface area contributed by atoms with Crippen molar-refractivity contribution in [1.29, 1.82) is 0 Å². The third-order valence-corrected chi connectivity index (χ3v) is 5.16. The van der Waals surface area contributed by atoms with E-state index >= 15 is 0 Å². The highest BCUT2D eigenvalue weighted by Crippen LogP contribution is 2.23. The number of hydrogen-bond donors (Lipinski definition) is 1. The Bertz CT molecular complexity index is 1040. The predicted octanol–water partition coefficient (Wildman–Crippen LogP) is 2.30. The zero-order valence-electron chi connectivity index (χ0n) is 15.9. The molecule has 3 heterocycles. The van der Waals surface area contributed by atoms with Crippen molar-refractivity contribution in [2.75, 3.05) is 18.4 Å². The SMILES string of the molecule is CC(=O)N1CCC(C(=O)Nc2cccc(-c3ccc4nnc(C)n4n3)c2)CC1. The van der Waals surface area contributed by atoms with Crippen molar-refractivity contribution >= 4 is 23.1 Å². The van der Waals surface area contributed by atoms with Gasteiger partial charge in [0, 0.05) is 37.2 Å². The van der Waals surface area contributed by atoms with Gasteiger partial charge < -0.3 is 10.2 Å². The molecule has 1 N–H and O–H groups in total. The smallest absolute Gasteiger partial charge is 0.227 e. The van der Waals surface area contributed by atoms with Crippen LogP contribution in [-0.4, -0.2) is 49.6 Å². The molecule has 0 aliphatic carbocycles. The molecule has 1 aliphatic rings. The Kier molecular flexibility index (Phi) is 4.77. The van der Waals surface area contributed by atoms with Gasteiger partial charge in [-0.15, -0.1) is 10.2 Å². The van der Waals surface area contributed by atoms with Gasteiger partial charge in [-0.3, -0.25) is 9.59 Å². The van der Waals surface area contributed by atoms with E-state index in [2.05, 4.69) is 20.6 Å². The van der Waals surface area contributed by atoms with Gasteiger partial charge in [0.05, 0.1) is 5.69 Å². The summed E-state index contributed by atoms with van der Waals surface area (Å²) in [5, 5.41) is 15.7. The molecular weight excluding hydrogens is 356 g/mol.